The number of likely N-dealkylation sites (tertiary alicyclic amines) is 1. The highest BCUT2D eigenvalue weighted by Gasteiger charge is 2.28. The Hall–Kier alpha value is -1.10. The standard InChI is InChI=1S/C14H27N3O2/c1-10(18)16-11-5-7-17(8-6-11)13(19)9-12(15)14(2,3)4/h11-12H,5-9,15H2,1-4H3,(H,16,18). The lowest BCUT2D eigenvalue weighted by Crippen LogP contribution is -2.48. The van der Waals surface area contributed by atoms with E-state index >= 15 is 0 Å². The zero-order chi connectivity index (χ0) is 14.6. The van der Waals surface area contributed by atoms with E-state index < -0.39 is 0 Å². The van der Waals surface area contributed by atoms with Crippen molar-refractivity contribution in [3.63, 3.8) is 0 Å². The van der Waals surface area contributed by atoms with Crippen LogP contribution in [0.4, 0.5) is 0 Å². The van der Waals surface area contributed by atoms with Gasteiger partial charge in [-0.15, -0.1) is 0 Å². The topological polar surface area (TPSA) is 75.4 Å². The van der Waals surface area contributed by atoms with E-state index in [1.807, 2.05) is 25.7 Å². The average Bonchev–Trinajstić information content (AvgIpc) is 2.27. The molecule has 0 bridgehead atoms. The summed E-state index contributed by atoms with van der Waals surface area (Å²) in [5, 5.41) is 2.90. The van der Waals surface area contributed by atoms with Crippen molar-refractivity contribution in [2.45, 2.75) is 59.0 Å². The normalized spacial score (nSPS) is 19.1. The molecular weight excluding hydrogens is 242 g/mol. The minimum absolute atomic E-state index is 0.000434. The molecule has 1 fully saturated rings. The highest BCUT2D eigenvalue weighted by molar-refractivity contribution is 5.77. The Morgan fingerprint density at radius 3 is 2.26 bits per heavy atom. The molecule has 3 N–H and O–H groups in total. The summed E-state index contributed by atoms with van der Waals surface area (Å²) < 4.78 is 0. The van der Waals surface area contributed by atoms with E-state index in [-0.39, 0.29) is 29.3 Å². The third kappa shape index (κ3) is 5.19. The van der Waals surface area contributed by atoms with Gasteiger partial charge in [0.15, 0.2) is 0 Å². The SMILES string of the molecule is CC(=O)NC1CCN(C(=O)CC(N)C(C)(C)C)CC1. The van der Waals surface area contributed by atoms with Crippen LogP contribution in [-0.2, 0) is 9.59 Å². The van der Waals surface area contributed by atoms with Gasteiger partial charge in [-0.1, -0.05) is 20.8 Å². The minimum atomic E-state index is -0.118. The van der Waals surface area contributed by atoms with Gasteiger partial charge in [0.25, 0.3) is 0 Å². The second-order valence-corrected chi connectivity index (χ2v) is 6.53. The van der Waals surface area contributed by atoms with Gasteiger partial charge in [0.05, 0.1) is 0 Å². The molecule has 1 atom stereocenters. The molecule has 5 heteroatoms. The highest BCUT2D eigenvalue weighted by atomic mass is 16.2. The molecule has 0 aromatic heterocycles. The van der Waals surface area contributed by atoms with Crippen molar-refractivity contribution in [3.05, 3.63) is 0 Å². The average molecular weight is 269 g/mol. The van der Waals surface area contributed by atoms with E-state index in [4.69, 9.17) is 5.73 Å². The molecule has 19 heavy (non-hydrogen) atoms. The lowest BCUT2D eigenvalue weighted by Gasteiger charge is -2.34. The van der Waals surface area contributed by atoms with E-state index in [1.54, 1.807) is 0 Å². The summed E-state index contributed by atoms with van der Waals surface area (Å²) >= 11 is 0. The van der Waals surface area contributed by atoms with E-state index in [0.717, 1.165) is 12.8 Å². The van der Waals surface area contributed by atoms with Crippen molar-refractivity contribution >= 4 is 11.8 Å². The van der Waals surface area contributed by atoms with Crippen molar-refractivity contribution < 1.29 is 9.59 Å². The van der Waals surface area contributed by atoms with Gasteiger partial charge < -0.3 is 16.0 Å². The predicted octanol–water partition coefficient (Wildman–Crippen LogP) is 0.877. The van der Waals surface area contributed by atoms with Crippen LogP contribution >= 0.6 is 0 Å². The Balaban J connectivity index is 2.39. The number of nitrogens with zero attached hydrogens (tertiary/aromatic N) is 1. The molecule has 1 saturated heterocycles. The number of nitrogens with two attached hydrogens (primary N) is 1. The van der Waals surface area contributed by atoms with E-state index in [0.29, 0.717) is 19.5 Å². The summed E-state index contributed by atoms with van der Waals surface area (Å²) in [5.74, 6) is 0.128. The molecule has 110 valence electrons. The van der Waals surface area contributed by atoms with Crippen LogP contribution in [0.3, 0.4) is 0 Å². The molecule has 1 unspecified atom stereocenters. The van der Waals surface area contributed by atoms with Gasteiger partial charge in [0.1, 0.15) is 0 Å². The minimum Gasteiger partial charge on any atom is -0.353 e. The molecule has 2 amide bonds. The Morgan fingerprint density at radius 2 is 1.84 bits per heavy atom. The van der Waals surface area contributed by atoms with Crippen LogP contribution in [0.1, 0.15) is 47.0 Å². The first-order valence-corrected chi connectivity index (χ1v) is 7.00. The Kier molecular flexibility index (Phi) is 5.35. The van der Waals surface area contributed by atoms with Crippen LogP contribution in [0, 0.1) is 5.41 Å². The summed E-state index contributed by atoms with van der Waals surface area (Å²) in [6.07, 6.45) is 2.06. The summed E-state index contributed by atoms with van der Waals surface area (Å²) in [4.78, 5) is 25.0. The molecular formula is C14H27N3O2. The van der Waals surface area contributed by atoms with Crippen LogP contribution in [0.25, 0.3) is 0 Å². The molecule has 5 nitrogen and oxygen atoms in total. The summed E-state index contributed by atoms with van der Waals surface area (Å²) in [5.41, 5.74) is 6.00. The number of piperidine rings is 1. The van der Waals surface area contributed by atoms with Crippen molar-refractivity contribution in [2.75, 3.05) is 13.1 Å². The molecule has 0 aromatic carbocycles. The Bertz CT molecular complexity index is 328. The lowest BCUT2D eigenvalue weighted by molar-refractivity contribution is -0.133. The summed E-state index contributed by atoms with van der Waals surface area (Å²) in [7, 11) is 0. The van der Waals surface area contributed by atoms with Gasteiger partial charge in [-0.3, -0.25) is 9.59 Å². The van der Waals surface area contributed by atoms with Gasteiger partial charge in [0.2, 0.25) is 11.8 Å². The second-order valence-electron chi connectivity index (χ2n) is 6.53. The van der Waals surface area contributed by atoms with Gasteiger partial charge in [0, 0.05) is 38.5 Å². The van der Waals surface area contributed by atoms with Crippen LogP contribution in [0.15, 0.2) is 0 Å². The molecule has 0 saturated carbocycles. The van der Waals surface area contributed by atoms with Gasteiger partial charge >= 0.3 is 0 Å². The zero-order valence-electron chi connectivity index (χ0n) is 12.5. The number of rotatable bonds is 3. The van der Waals surface area contributed by atoms with Crippen LogP contribution in [0.5, 0.6) is 0 Å². The molecule has 1 rings (SSSR count). The maximum absolute atomic E-state index is 12.1. The number of carbonyl (C=O) groups excluding carboxylic acids is 2. The molecule has 0 radical (unpaired) electrons. The van der Waals surface area contributed by atoms with Crippen molar-refractivity contribution in [2.24, 2.45) is 11.1 Å². The lowest BCUT2D eigenvalue weighted by atomic mass is 9.85. The predicted molar refractivity (Wildman–Crippen MR) is 75.5 cm³/mol. The van der Waals surface area contributed by atoms with Crippen LogP contribution in [-0.4, -0.2) is 41.9 Å². The maximum Gasteiger partial charge on any atom is 0.224 e. The molecule has 1 aliphatic heterocycles. The molecule has 0 aliphatic carbocycles. The summed E-state index contributed by atoms with van der Waals surface area (Å²) in [6.45, 7) is 9.09. The highest BCUT2D eigenvalue weighted by Crippen LogP contribution is 2.21. The number of nitrogens with one attached hydrogen (secondary N) is 1. The van der Waals surface area contributed by atoms with E-state index in [9.17, 15) is 9.59 Å². The fourth-order valence-electron chi connectivity index (χ4n) is 2.18. The van der Waals surface area contributed by atoms with Crippen molar-refractivity contribution in [1.82, 2.24) is 10.2 Å². The van der Waals surface area contributed by atoms with E-state index in [1.165, 1.54) is 6.92 Å². The number of carbonyl (C=O) groups is 2. The third-order valence-electron chi connectivity index (χ3n) is 3.76. The van der Waals surface area contributed by atoms with Crippen molar-refractivity contribution in [3.8, 4) is 0 Å². The molecule has 1 heterocycles. The van der Waals surface area contributed by atoms with Crippen LogP contribution < -0.4 is 11.1 Å². The monoisotopic (exact) mass is 269 g/mol. The zero-order valence-corrected chi connectivity index (χ0v) is 12.5. The van der Waals surface area contributed by atoms with Gasteiger partial charge in [-0.25, -0.2) is 0 Å². The number of amides is 2. The number of hydrogen-bond donors (Lipinski definition) is 2. The fourth-order valence-corrected chi connectivity index (χ4v) is 2.18. The first kappa shape index (κ1) is 16.0. The smallest absolute Gasteiger partial charge is 0.224 e. The Labute approximate surface area is 115 Å². The molecule has 1 aliphatic rings. The van der Waals surface area contributed by atoms with E-state index in [2.05, 4.69) is 5.32 Å². The van der Waals surface area contributed by atoms with Crippen LogP contribution in [0.2, 0.25) is 0 Å². The third-order valence-corrected chi connectivity index (χ3v) is 3.76. The fraction of sp³-hybridized carbons (Fsp3) is 0.857. The first-order valence-electron chi connectivity index (χ1n) is 7.00. The quantitative estimate of drug-likeness (QED) is 0.798. The number of hydrogen-bond acceptors (Lipinski definition) is 3. The first-order chi connectivity index (χ1) is 8.70. The summed E-state index contributed by atoms with van der Waals surface area (Å²) in [6, 6.07) is 0.0888. The van der Waals surface area contributed by atoms with Gasteiger partial charge in [-0.2, -0.15) is 0 Å². The van der Waals surface area contributed by atoms with Crippen molar-refractivity contribution in [1.29, 1.82) is 0 Å². The maximum atomic E-state index is 12.1. The second kappa shape index (κ2) is 6.37. The molecule has 0 spiro atoms. The Morgan fingerprint density at radius 1 is 1.32 bits per heavy atom. The largest absolute Gasteiger partial charge is 0.353 e. The van der Waals surface area contributed by atoms with Gasteiger partial charge in [-0.05, 0) is 18.3 Å². The molecule has 0 aromatic rings.